The molecule has 3 heteroatoms. The highest BCUT2D eigenvalue weighted by Gasteiger charge is 2.11. The van der Waals surface area contributed by atoms with Gasteiger partial charge in [-0.3, -0.25) is 4.79 Å². The fourth-order valence-electron chi connectivity index (χ4n) is 1.69. The Morgan fingerprint density at radius 1 is 1.19 bits per heavy atom. The predicted octanol–water partition coefficient (Wildman–Crippen LogP) is 2.13. The van der Waals surface area contributed by atoms with Gasteiger partial charge in [-0.05, 0) is 35.4 Å². The zero-order valence-corrected chi connectivity index (χ0v) is 8.97. The summed E-state index contributed by atoms with van der Waals surface area (Å²) in [5.74, 6) is -0.389. The third-order valence-electron chi connectivity index (χ3n) is 2.77. The summed E-state index contributed by atoms with van der Waals surface area (Å²) >= 11 is 0. The summed E-state index contributed by atoms with van der Waals surface area (Å²) in [6.45, 7) is 1.78. The van der Waals surface area contributed by atoms with Crippen LogP contribution in [0.5, 0.6) is 5.75 Å². The third kappa shape index (κ3) is 1.84. The lowest BCUT2D eigenvalue weighted by Gasteiger charge is -2.08. The maximum absolute atomic E-state index is 11.1. The minimum atomic E-state index is -0.335. The highest BCUT2D eigenvalue weighted by Crippen LogP contribution is 2.24. The molecule has 0 aliphatic carbocycles. The summed E-state index contributed by atoms with van der Waals surface area (Å²) in [5.41, 5.74) is 6.15. The van der Waals surface area contributed by atoms with E-state index in [1.807, 2.05) is 24.3 Å². The van der Waals surface area contributed by atoms with Crippen LogP contribution in [0.15, 0.2) is 36.4 Å². The first-order chi connectivity index (χ1) is 7.58. The van der Waals surface area contributed by atoms with Crippen molar-refractivity contribution in [1.29, 1.82) is 0 Å². The van der Waals surface area contributed by atoms with Crippen molar-refractivity contribution in [3.8, 4) is 5.75 Å². The van der Waals surface area contributed by atoms with Gasteiger partial charge in [0.2, 0.25) is 5.91 Å². The van der Waals surface area contributed by atoms with Crippen LogP contribution in [-0.2, 0) is 4.79 Å². The number of aromatic hydroxyl groups is 1. The van der Waals surface area contributed by atoms with Crippen molar-refractivity contribution in [2.45, 2.75) is 12.8 Å². The topological polar surface area (TPSA) is 63.3 Å². The average Bonchev–Trinajstić information content (AvgIpc) is 2.27. The minimum absolute atomic E-state index is 0.239. The summed E-state index contributed by atoms with van der Waals surface area (Å²) in [6.07, 6.45) is 0. The molecular formula is C13H13NO2. The van der Waals surface area contributed by atoms with E-state index in [9.17, 15) is 9.90 Å². The van der Waals surface area contributed by atoms with E-state index in [1.165, 1.54) is 0 Å². The molecule has 1 unspecified atom stereocenters. The number of rotatable bonds is 2. The van der Waals surface area contributed by atoms with Gasteiger partial charge in [-0.25, -0.2) is 0 Å². The highest BCUT2D eigenvalue weighted by molar-refractivity contribution is 5.87. The van der Waals surface area contributed by atoms with Crippen LogP contribution in [0.4, 0.5) is 0 Å². The van der Waals surface area contributed by atoms with Crippen LogP contribution in [0.25, 0.3) is 10.8 Å². The van der Waals surface area contributed by atoms with E-state index in [-0.39, 0.29) is 17.6 Å². The molecule has 0 spiro atoms. The van der Waals surface area contributed by atoms with Gasteiger partial charge in [0.15, 0.2) is 0 Å². The normalized spacial score (nSPS) is 12.6. The quantitative estimate of drug-likeness (QED) is 0.806. The molecule has 3 N–H and O–H groups in total. The molecule has 2 rings (SSSR count). The minimum Gasteiger partial charge on any atom is -0.508 e. The Bertz CT molecular complexity index is 549. The van der Waals surface area contributed by atoms with E-state index >= 15 is 0 Å². The predicted molar refractivity (Wildman–Crippen MR) is 63.2 cm³/mol. The summed E-state index contributed by atoms with van der Waals surface area (Å²) in [4.78, 5) is 11.1. The zero-order chi connectivity index (χ0) is 11.7. The highest BCUT2D eigenvalue weighted by atomic mass is 16.3. The number of hydrogen-bond donors (Lipinski definition) is 2. The van der Waals surface area contributed by atoms with Gasteiger partial charge in [0, 0.05) is 0 Å². The van der Waals surface area contributed by atoms with Crippen LogP contribution in [0.3, 0.4) is 0 Å². The number of primary amides is 1. The second-order valence-corrected chi connectivity index (χ2v) is 3.91. The Kier molecular flexibility index (Phi) is 2.52. The van der Waals surface area contributed by atoms with E-state index in [0.717, 1.165) is 16.3 Å². The number of nitrogens with two attached hydrogens (primary N) is 1. The second kappa shape index (κ2) is 3.85. The maximum Gasteiger partial charge on any atom is 0.224 e. The number of carbonyl (C=O) groups excluding carboxylic acids is 1. The molecule has 0 heterocycles. The summed E-state index contributed by atoms with van der Waals surface area (Å²) < 4.78 is 0. The van der Waals surface area contributed by atoms with Gasteiger partial charge < -0.3 is 10.8 Å². The van der Waals surface area contributed by atoms with Gasteiger partial charge in [-0.1, -0.05) is 24.3 Å². The van der Waals surface area contributed by atoms with Gasteiger partial charge in [0.05, 0.1) is 5.92 Å². The first-order valence-corrected chi connectivity index (χ1v) is 5.10. The molecule has 3 nitrogen and oxygen atoms in total. The fourth-order valence-corrected chi connectivity index (χ4v) is 1.69. The third-order valence-corrected chi connectivity index (χ3v) is 2.77. The molecule has 0 radical (unpaired) electrons. The number of phenols is 1. The van der Waals surface area contributed by atoms with E-state index in [4.69, 9.17) is 5.73 Å². The lowest BCUT2D eigenvalue weighted by Crippen LogP contribution is -2.18. The van der Waals surface area contributed by atoms with Crippen LogP contribution in [0.1, 0.15) is 18.4 Å². The molecule has 0 bridgehead atoms. The van der Waals surface area contributed by atoms with Crippen molar-refractivity contribution in [2.75, 3.05) is 0 Å². The summed E-state index contributed by atoms with van der Waals surface area (Å²) in [7, 11) is 0. The Morgan fingerprint density at radius 3 is 2.50 bits per heavy atom. The molecule has 16 heavy (non-hydrogen) atoms. The zero-order valence-electron chi connectivity index (χ0n) is 8.97. The molecule has 0 aliphatic heterocycles. The van der Waals surface area contributed by atoms with Crippen molar-refractivity contribution in [3.63, 3.8) is 0 Å². The summed E-state index contributed by atoms with van der Waals surface area (Å²) in [5, 5.41) is 11.3. The lowest BCUT2D eigenvalue weighted by atomic mass is 9.97. The second-order valence-electron chi connectivity index (χ2n) is 3.91. The fraction of sp³-hybridized carbons (Fsp3) is 0.154. The van der Waals surface area contributed by atoms with Crippen molar-refractivity contribution in [3.05, 3.63) is 42.0 Å². The number of amides is 1. The van der Waals surface area contributed by atoms with Gasteiger partial charge in [-0.2, -0.15) is 0 Å². The van der Waals surface area contributed by atoms with Gasteiger partial charge in [0.25, 0.3) is 0 Å². The Balaban J connectivity index is 2.52. The van der Waals surface area contributed by atoms with Gasteiger partial charge in [0.1, 0.15) is 5.75 Å². The molecule has 0 aliphatic rings. The van der Waals surface area contributed by atoms with E-state index in [0.29, 0.717) is 0 Å². The first kappa shape index (κ1) is 10.5. The van der Waals surface area contributed by atoms with Crippen LogP contribution in [0.2, 0.25) is 0 Å². The number of hydrogen-bond acceptors (Lipinski definition) is 2. The monoisotopic (exact) mass is 215 g/mol. The van der Waals surface area contributed by atoms with Crippen LogP contribution >= 0.6 is 0 Å². The van der Waals surface area contributed by atoms with E-state index in [2.05, 4.69) is 0 Å². The maximum atomic E-state index is 11.1. The number of phenolic OH excluding ortho intramolecular Hbond substituents is 1. The van der Waals surface area contributed by atoms with Gasteiger partial charge in [-0.15, -0.1) is 0 Å². The molecular weight excluding hydrogens is 202 g/mol. The van der Waals surface area contributed by atoms with E-state index < -0.39 is 0 Å². The van der Waals surface area contributed by atoms with Crippen LogP contribution < -0.4 is 5.73 Å². The van der Waals surface area contributed by atoms with Crippen molar-refractivity contribution < 1.29 is 9.90 Å². The Morgan fingerprint density at radius 2 is 1.81 bits per heavy atom. The van der Waals surface area contributed by atoms with Crippen molar-refractivity contribution in [1.82, 2.24) is 0 Å². The average molecular weight is 215 g/mol. The molecule has 0 saturated heterocycles. The Hall–Kier alpha value is -2.03. The molecule has 0 saturated carbocycles. The molecule has 1 amide bonds. The molecule has 0 fully saturated rings. The standard InChI is InChI=1S/C13H13NO2/c1-8(13(14)16)9-2-3-11-7-12(15)5-4-10(11)6-9/h2-8,15H,1H3,(H2,14,16). The first-order valence-electron chi connectivity index (χ1n) is 5.10. The lowest BCUT2D eigenvalue weighted by molar-refractivity contribution is -0.119. The molecule has 1 atom stereocenters. The Labute approximate surface area is 93.5 Å². The molecule has 82 valence electrons. The summed E-state index contributed by atoms with van der Waals surface area (Å²) in [6, 6.07) is 10.8. The number of benzene rings is 2. The van der Waals surface area contributed by atoms with Crippen LogP contribution in [0, 0.1) is 0 Å². The number of fused-ring (bicyclic) bond motifs is 1. The SMILES string of the molecule is CC(C(N)=O)c1ccc2cc(O)ccc2c1. The molecule has 2 aromatic carbocycles. The molecule has 2 aromatic rings. The smallest absolute Gasteiger partial charge is 0.224 e. The van der Waals surface area contributed by atoms with E-state index in [1.54, 1.807) is 19.1 Å². The van der Waals surface area contributed by atoms with Crippen molar-refractivity contribution >= 4 is 16.7 Å². The largest absolute Gasteiger partial charge is 0.508 e. The molecule has 0 aromatic heterocycles. The van der Waals surface area contributed by atoms with Crippen molar-refractivity contribution in [2.24, 2.45) is 5.73 Å². The number of carbonyl (C=O) groups is 1. The van der Waals surface area contributed by atoms with Crippen LogP contribution in [-0.4, -0.2) is 11.0 Å². The van der Waals surface area contributed by atoms with Gasteiger partial charge >= 0.3 is 0 Å².